The van der Waals surface area contributed by atoms with Gasteiger partial charge in [-0.15, -0.1) is 0 Å². The van der Waals surface area contributed by atoms with Crippen LogP contribution < -0.4 is 0 Å². The molecule has 0 aliphatic heterocycles. The van der Waals surface area contributed by atoms with Crippen molar-refractivity contribution in [3.05, 3.63) is 35.9 Å². The molecule has 0 saturated carbocycles. The van der Waals surface area contributed by atoms with Crippen molar-refractivity contribution in [1.82, 2.24) is 0 Å². The van der Waals surface area contributed by atoms with E-state index in [0.29, 0.717) is 12.8 Å². The Morgan fingerprint density at radius 3 is 2.33 bits per heavy atom. The average Bonchev–Trinajstić information content (AvgIpc) is 2.49. The molecule has 24 heavy (non-hydrogen) atoms. The average molecular weight is 334 g/mol. The van der Waals surface area contributed by atoms with E-state index in [0.717, 1.165) is 18.4 Å². The molecule has 4 nitrogen and oxygen atoms in total. The molecule has 0 radical (unpaired) electrons. The second-order valence-electron chi connectivity index (χ2n) is 7.13. The number of unbranched alkanes of at least 4 members (excludes halogenated alkanes) is 1. The third-order valence-corrected chi connectivity index (χ3v) is 3.46. The molecular weight excluding hydrogens is 304 g/mol. The summed E-state index contributed by atoms with van der Waals surface area (Å²) in [5, 5.41) is 0. The second-order valence-corrected chi connectivity index (χ2v) is 7.13. The third kappa shape index (κ3) is 9.33. The van der Waals surface area contributed by atoms with Gasteiger partial charge in [-0.25, -0.2) is 0 Å². The molecule has 1 atom stereocenters. The molecule has 0 saturated heterocycles. The Bertz CT molecular complexity index is 502. The lowest BCUT2D eigenvalue weighted by molar-refractivity contribution is -0.158. The molecule has 0 fully saturated rings. The quantitative estimate of drug-likeness (QED) is 0.631. The van der Waals surface area contributed by atoms with Crippen LogP contribution >= 0.6 is 0 Å². The summed E-state index contributed by atoms with van der Waals surface area (Å²) in [6, 6.07) is 9.92. The van der Waals surface area contributed by atoms with Crippen LogP contribution in [0.2, 0.25) is 0 Å². The molecule has 0 spiro atoms. The number of carbonyl (C=O) groups is 2. The highest BCUT2D eigenvalue weighted by Gasteiger charge is 2.22. The van der Waals surface area contributed by atoms with Crippen molar-refractivity contribution < 1.29 is 19.1 Å². The fraction of sp³-hybridized carbons (Fsp3) is 0.600. The van der Waals surface area contributed by atoms with Crippen LogP contribution in [0.1, 0.15) is 58.9 Å². The number of hydrogen-bond donors (Lipinski definition) is 0. The number of esters is 2. The fourth-order valence-corrected chi connectivity index (χ4v) is 2.36. The Morgan fingerprint density at radius 1 is 1.08 bits per heavy atom. The van der Waals surface area contributed by atoms with E-state index in [-0.39, 0.29) is 30.9 Å². The van der Waals surface area contributed by atoms with E-state index in [4.69, 9.17) is 9.47 Å². The lowest BCUT2D eigenvalue weighted by atomic mass is 9.97. The molecule has 0 aromatic heterocycles. The summed E-state index contributed by atoms with van der Waals surface area (Å²) in [4.78, 5) is 23.8. The third-order valence-electron chi connectivity index (χ3n) is 3.46. The Morgan fingerprint density at radius 2 is 1.75 bits per heavy atom. The van der Waals surface area contributed by atoms with E-state index in [2.05, 4.69) is 0 Å². The van der Waals surface area contributed by atoms with Crippen LogP contribution in [-0.2, 0) is 25.5 Å². The van der Waals surface area contributed by atoms with Gasteiger partial charge in [0, 0.05) is 12.3 Å². The van der Waals surface area contributed by atoms with Crippen LogP contribution in [0.3, 0.4) is 0 Å². The minimum Gasteiger partial charge on any atom is -0.465 e. The Kier molecular flexibility index (Phi) is 8.51. The summed E-state index contributed by atoms with van der Waals surface area (Å²) < 4.78 is 10.8. The SMILES string of the molecule is CCCCC(=O)OC[C@@H](CC(=O)OC(C)(C)C)Cc1ccccc1. The van der Waals surface area contributed by atoms with Crippen LogP contribution in [0.4, 0.5) is 0 Å². The largest absolute Gasteiger partial charge is 0.465 e. The summed E-state index contributed by atoms with van der Waals surface area (Å²) in [7, 11) is 0. The number of carbonyl (C=O) groups excluding carboxylic acids is 2. The molecule has 1 aromatic carbocycles. The van der Waals surface area contributed by atoms with Crippen molar-refractivity contribution in [1.29, 1.82) is 0 Å². The smallest absolute Gasteiger partial charge is 0.306 e. The predicted molar refractivity (Wildman–Crippen MR) is 94.6 cm³/mol. The molecule has 0 N–H and O–H groups in total. The van der Waals surface area contributed by atoms with Gasteiger partial charge in [0.2, 0.25) is 0 Å². The minimum atomic E-state index is -0.508. The fourth-order valence-electron chi connectivity index (χ4n) is 2.36. The molecule has 1 rings (SSSR count). The zero-order valence-corrected chi connectivity index (χ0v) is 15.3. The van der Waals surface area contributed by atoms with E-state index in [9.17, 15) is 9.59 Å². The van der Waals surface area contributed by atoms with Crippen LogP contribution in [-0.4, -0.2) is 24.1 Å². The van der Waals surface area contributed by atoms with Gasteiger partial charge < -0.3 is 9.47 Å². The first kappa shape index (κ1) is 20.2. The predicted octanol–water partition coefficient (Wildman–Crippen LogP) is 4.31. The topological polar surface area (TPSA) is 52.6 Å². The number of hydrogen-bond acceptors (Lipinski definition) is 4. The van der Waals surface area contributed by atoms with Crippen LogP contribution in [0.5, 0.6) is 0 Å². The van der Waals surface area contributed by atoms with E-state index in [1.165, 1.54) is 0 Å². The van der Waals surface area contributed by atoms with Gasteiger partial charge in [-0.1, -0.05) is 43.7 Å². The van der Waals surface area contributed by atoms with E-state index in [1.807, 2.05) is 58.0 Å². The normalized spacial score (nSPS) is 12.5. The van der Waals surface area contributed by atoms with Crippen molar-refractivity contribution in [2.45, 2.75) is 65.4 Å². The zero-order valence-electron chi connectivity index (χ0n) is 15.3. The summed E-state index contributed by atoms with van der Waals surface area (Å²) in [5.41, 5.74) is 0.613. The zero-order chi connectivity index (χ0) is 18.0. The van der Waals surface area contributed by atoms with Gasteiger partial charge in [-0.05, 0) is 39.2 Å². The number of rotatable bonds is 9. The maximum Gasteiger partial charge on any atom is 0.306 e. The van der Waals surface area contributed by atoms with Crippen LogP contribution in [0.15, 0.2) is 30.3 Å². The standard InChI is InChI=1S/C20H30O4/c1-5-6-12-18(21)23-15-17(13-16-10-8-7-9-11-16)14-19(22)24-20(2,3)4/h7-11,17H,5-6,12-15H2,1-4H3/t17-/m1/s1. The van der Waals surface area contributed by atoms with Gasteiger partial charge in [0.15, 0.2) is 0 Å². The van der Waals surface area contributed by atoms with E-state index >= 15 is 0 Å². The monoisotopic (exact) mass is 334 g/mol. The van der Waals surface area contributed by atoms with Crippen LogP contribution in [0.25, 0.3) is 0 Å². The molecule has 0 heterocycles. The highest BCUT2D eigenvalue weighted by molar-refractivity contribution is 5.71. The van der Waals surface area contributed by atoms with Gasteiger partial charge in [0.05, 0.1) is 13.0 Å². The summed E-state index contributed by atoms with van der Waals surface area (Å²) >= 11 is 0. The summed E-state index contributed by atoms with van der Waals surface area (Å²) in [5.74, 6) is -0.528. The first-order valence-electron chi connectivity index (χ1n) is 8.71. The molecule has 0 bridgehead atoms. The van der Waals surface area contributed by atoms with Gasteiger partial charge >= 0.3 is 11.9 Å². The van der Waals surface area contributed by atoms with Crippen molar-refractivity contribution in [3.63, 3.8) is 0 Å². The molecule has 0 aliphatic rings. The Balaban J connectivity index is 2.61. The van der Waals surface area contributed by atoms with Crippen molar-refractivity contribution in [2.24, 2.45) is 5.92 Å². The summed E-state index contributed by atoms with van der Waals surface area (Å²) in [6.07, 6.45) is 3.14. The van der Waals surface area contributed by atoms with Gasteiger partial charge in [-0.2, -0.15) is 0 Å². The number of benzene rings is 1. The summed E-state index contributed by atoms with van der Waals surface area (Å²) in [6.45, 7) is 7.83. The second kappa shape index (κ2) is 10.1. The lowest BCUT2D eigenvalue weighted by Gasteiger charge is -2.22. The van der Waals surface area contributed by atoms with Crippen molar-refractivity contribution >= 4 is 11.9 Å². The van der Waals surface area contributed by atoms with E-state index in [1.54, 1.807) is 0 Å². The molecule has 0 unspecified atom stereocenters. The molecule has 134 valence electrons. The first-order valence-corrected chi connectivity index (χ1v) is 8.71. The minimum absolute atomic E-state index is 0.0761. The highest BCUT2D eigenvalue weighted by atomic mass is 16.6. The Labute approximate surface area is 145 Å². The molecule has 0 amide bonds. The van der Waals surface area contributed by atoms with Gasteiger partial charge in [-0.3, -0.25) is 9.59 Å². The highest BCUT2D eigenvalue weighted by Crippen LogP contribution is 2.17. The van der Waals surface area contributed by atoms with Gasteiger partial charge in [0.1, 0.15) is 5.60 Å². The maximum atomic E-state index is 12.1. The molecule has 4 heteroatoms. The maximum absolute atomic E-state index is 12.1. The van der Waals surface area contributed by atoms with Gasteiger partial charge in [0.25, 0.3) is 0 Å². The Hall–Kier alpha value is -1.84. The van der Waals surface area contributed by atoms with E-state index < -0.39 is 5.60 Å². The lowest BCUT2D eigenvalue weighted by Crippen LogP contribution is -2.27. The number of ether oxygens (including phenoxy) is 2. The molecule has 0 aliphatic carbocycles. The molecule has 1 aromatic rings. The van der Waals surface area contributed by atoms with Crippen LogP contribution in [0, 0.1) is 5.92 Å². The molecular formula is C20H30O4. The first-order chi connectivity index (χ1) is 11.3. The van der Waals surface area contributed by atoms with Crippen molar-refractivity contribution in [2.75, 3.05) is 6.61 Å². The van der Waals surface area contributed by atoms with Crippen molar-refractivity contribution in [3.8, 4) is 0 Å².